The highest BCUT2D eigenvalue weighted by atomic mass is 16.2. The van der Waals surface area contributed by atoms with Crippen molar-refractivity contribution in [3.63, 3.8) is 0 Å². The van der Waals surface area contributed by atoms with Gasteiger partial charge in [-0.2, -0.15) is 5.10 Å². The predicted molar refractivity (Wildman–Crippen MR) is 110 cm³/mol. The highest BCUT2D eigenvalue weighted by Crippen LogP contribution is 2.21. The molecule has 4 heterocycles. The topological polar surface area (TPSA) is 71.6 Å². The van der Waals surface area contributed by atoms with Crippen LogP contribution in [0.4, 0.5) is 0 Å². The summed E-state index contributed by atoms with van der Waals surface area (Å²) in [6, 6.07) is 0. The van der Waals surface area contributed by atoms with Crippen LogP contribution in [0.5, 0.6) is 0 Å². The maximum Gasteiger partial charge on any atom is 0.259 e. The van der Waals surface area contributed by atoms with Crippen molar-refractivity contribution >= 4 is 11.6 Å². The largest absolute Gasteiger partial charge is 0.338 e. The number of nitrogens with zero attached hydrogens (tertiary/aromatic N) is 7. The Hall–Kier alpha value is -2.74. The van der Waals surface area contributed by atoms with Crippen LogP contribution in [0.2, 0.25) is 0 Å². The molecule has 0 unspecified atom stereocenters. The first-order valence-electron chi connectivity index (χ1n) is 10.5. The molecule has 3 aromatic heterocycles. The van der Waals surface area contributed by atoms with Crippen molar-refractivity contribution in [2.75, 3.05) is 26.2 Å². The normalized spacial score (nSPS) is 17.3. The number of fused-ring (bicyclic) bond motifs is 1. The van der Waals surface area contributed by atoms with Crippen LogP contribution in [0.3, 0.4) is 0 Å². The van der Waals surface area contributed by atoms with Crippen molar-refractivity contribution in [2.45, 2.75) is 39.8 Å². The molecule has 0 N–H and O–H groups in total. The first-order chi connectivity index (χ1) is 14.2. The summed E-state index contributed by atoms with van der Waals surface area (Å²) >= 11 is 0. The number of hydrogen-bond donors (Lipinski definition) is 0. The van der Waals surface area contributed by atoms with Gasteiger partial charge in [-0.25, -0.2) is 14.5 Å². The van der Waals surface area contributed by atoms with Crippen molar-refractivity contribution in [1.82, 2.24) is 33.9 Å². The Labute approximate surface area is 171 Å². The van der Waals surface area contributed by atoms with Crippen LogP contribution in [0.1, 0.15) is 42.6 Å². The Kier molecular flexibility index (Phi) is 5.89. The van der Waals surface area contributed by atoms with E-state index in [1.807, 2.05) is 29.8 Å². The molecule has 4 rings (SSSR count). The lowest BCUT2D eigenvalue weighted by Crippen LogP contribution is -2.41. The van der Waals surface area contributed by atoms with E-state index in [0.29, 0.717) is 17.1 Å². The zero-order chi connectivity index (χ0) is 20.2. The van der Waals surface area contributed by atoms with Crippen LogP contribution in [0.15, 0.2) is 37.3 Å². The fourth-order valence-corrected chi connectivity index (χ4v) is 4.11. The molecule has 0 saturated carbocycles. The summed E-state index contributed by atoms with van der Waals surface area (Å²) in [6.07, 6.45) is 13.3. The molecule has 3 aromatic rings. The van der Waals surface area contributed by atoms with E-state index in [2.05, 4.69) is 38.4 Å². The first-order valence-corrected chi connectivity index (χ1v) is 10.5. The number of likely N-dealkylation sites (tertiary alicyclic amines) is 1. The highest BCUT2D eigenvalue weighted by Gasteiger charge is 2.27. The third-order valence-electron chi connectivity index (χ3n) is 5.78. The van der Waals surface area contributed by atoms with E-state index < -0.39 is 0 Å². The lowest BCUT2D eigenvalue weighted by atomic mass is 9.97. The van der Waals surface area contributed by atoms with Gasteiger partial charge in [-0.3, -0.25) is 9.69 Å². The van der Waals surface area contributed by atoms with Gasteiger partial charge < -0.3 is 9.47 Å². The number of amides is 1. The molecule has 8 nitrogen and oxygen atoms in total. The van der Waals surface area contributed by atoms with Gasteiger partial charge in [0, 0.05) is 56.5 Å². The minimum Gasteiger partial charge on any atom is -0.338 e. The van der Waals surface area contributed by atoms with Gasteiger partial charge in [0.1, 0.15) is 5.56 Å². The van der Waals surface area contributed by atoms with Crippen LogP contribution in [0, 0.1) is 5.92 Å². The average molecular weight is 396 g/mol. The van der Waals surface area contributed by atoms with E-state index in [9.17, 15) is 4.79 Å². The van der Waals surface area contributed by atoms with Crippen molar-refractivity contribution in [2.24, 2.45) is 5.92 Å². The van der Waals surface area contributed by atoms with Crippen molar-refractivity contribution in [3.8, 4) is 0 Å². The zero-order valence-electron chi connectivity index (χ0n) is 17.2. The average Bonchev–Trinajstić information content (AvgIpc) is 3.41. The Morgan fingerprint density at radius 3 is 2.90 bits per heavy atom. The molecular formula is C21H29N7O. The summed E-state index contributed by atoms with van der Waals surface area (Å²) in [6.45, 7) is 9.56. The molecule has 1 aliphatic rings. The second-order valence-electron chi connectivity index (χ2n) is 7.77. The Balaban J connectivity index is 1.47. The lowest BCUT2D eigenvalue weighted by Gasteiger charge is -2.32. The van der Waals surface area contributed by atoms with Crippen molar-refractivity contribution < 1.29 is 4.79 Å². The Morgan fingerprint density at radius 2 is 2.14 bits per heavy atom. The van der Waals surface area contributed by atoms with E-state index in [4.69, 9.17) is 0 Å². The van der Waals surface area contributed by atoms with Crippen LogP contribution in [-0.2, 0) is 13.1 Å². The summed E-state index contributed by atoms with van der Waals surface area (Å²) in [4.78, 5) is 26.1. The first kappa shape index (κ1) is 19.6. The van der Waals surface area contributed by atoms with E-state index in [1.54, 1.807) is 16.9 Å². The van der Waals surface area contributed by atoms with E-state index in [1.165, 1.54) is 0 Å². The molecule has 154 valence electrons. The number of rotatable bonds is 7. The summed E-state index contributed by atoms with van der Waals surface area (Å²) in [5.41, 5.74) is 2.32. The third-order valence-corrected chi connectivity index (χ3v) is 5.78. The van der Waals surface area contributed by atoms with E-state index in [-0.39, 0.29) is 5.91 Å². The van der Waals surface area contributed by atoms with Crippen molar-refractivity contribution in [3.05, 3.63) is 48.4 Å². The number of imidazole rings is 1. The fraction of sp³-hybridized carbons (Fsp3) is 0.524. The van der Waals surface area contributed by atoms with E-state index in [0.717, 1.165) is 57.7 Å². The molecule has 0 aliphatic carbocycles. The maximum absolute atomic E-state index is 13.2. The quantitative estimate of drug-likeness (QED) is 0.614. The summed E-state index contributed by atoms with van der Waals surface area (Å²) in [7, 11) is 0. The highest BCUT2D eigenvalue weighted by molar-refractivity contribution is 5.99. The maximum atomic E-state index is 13.2. The van der Waals surface area contributed by atoms with Crippen molar-refractivity contribution in [1.29, 1.82) is 0 Å². The fourth-order valence-electron chi connectivity index (χ4n) is 4.11. The second-order valence-corrected chi connectivity index (χ2v) is 7.77. The van der Waals surface area contributed by atoms with Crippen LogP contribution in [0.25, 0.3) is 5.65 Å². The molecule has 8 heteroatoms. The minimum absolute atomic E-state index is 0.0272. The van der Waals surface area contributed by atoms with Gasteiger partial charge in [-0.1, -0.05) is 13.8 Å². The Bertz CT molecular complexity index is 945. The van der Waals surface area contributed by atoms with Gasteiger partial charge >= 0.3 is 0 Å². The molecule has 1 saturated heterocycles. The SMILES string of the molecule is CCN(CC)Cc1cnc2c(C(=O)N3CCC[C@@H](Cn4ccnc4)C3)cnn2c1. The van der Waals surface area contributed by atoms with Crippen LogP contribution >= 0.6 is 0 Å². The molecule has 1 aliphatic heterocycles. The number of piperidine rings is 1. The smallest absolute Gasteiger partial charge is 0.259 e. The summed E-state index contributed by atoms with van der Waals surface area (Å²) < 4.78 is 3.83. The number of aromatic nitrogens is 5. The van der Waals surface area contributed by atoms with Crippen LogP contribution in [-0.4, -0.2) is 66.0 Å². The van der Waals surface area contributed by atoms with Gasteiger partial charge in [0.05, 0.1) is 12.5 Å². The van der Waals surface area contributed by atoms with Gasteiger partial charge in [0.2, 0.25) is 0 Å². The molecule has 1 atom stereocenters. The monoisotopic (exact) mass is 395 g/mol. The number of hydrogen-bond acceptors (Lipinski definition) is 5. The number of carbonyl (C=O) groups excluding carboxylic acids is 1. The van der Waals surface area contributed by atoms with E-state index >= 15 is 0 Å². The van der Waals surface area contributed by atoms with Gasteiger partial charge in [0.25, 0.3) is 5.91 Å². The van der Waals surface area contributed by atoms with Gasteiger partial charge in [0.15, 0.2) is 5.65 Å². The molecule has 0 spiro atoms. The van der Waals surface area contributed by atoms with Gasteiger partial charge in [-0.05, 0) is 31.8 Å². The third kappa shape index (κ3) is 4.32. The number of carbonyl (C=O) groups is 1. The Morgan fingerprint density at radius 1 is 1.28 bits per heavy atom. The molecule has 29 heavy (non-hydrogen) atoms. The molecular weight excluding hydrogens is 366 g/mol. The molecule has 0 aromatic carbocycles. The zero-order valence-corrected chi connectivity index (χ0v) is 17.2. The molecule has 1 amide bonds. The standard InChI is InChI=1S/C21H29N7O/c1-3-25(4-2)13-18-10-23-20-19(11-24-28(20)15-18)21(29)27-8-5-6-17(14-27)12-26-9-7-22-16-26/h7,9-11,15-17H,3-6,8,12-14H2,1-2H3/t17-/m0/s1. The van der Waals surface area contributed by atoms with Crippen LogP contribution < -0.4 is 0 Å². The van der Waals surface area contributed by atoms with Gasteiger partial charge in [-0.15, -0.1) is 0 Å². The summed E-state index contributed by atoms with van der Waals surface area (Å²) in [5.74, 6) is 0.469. The molecule has 0 radical (unpaired) electrons. The predicted octanol–water partition coefficient (Wildman–Crippen LogP) is 2.32. The second kappa shape index (κ2) is 8.73. The lowest BCUT2D eigenvalue weighted by molar-refractivity contribution is 0.0664. The minimum atomic E-state index is 0.0272. The summed E-state index contributed by atoms with van der Waals surface area (Å²) in [5, 5.41) is 4.41. The molecule has 0 bridgehead atoms. The molecule has 1 fully saturated rings.